The molecule has 1 heterocycles. The van der Waals surface area contributed by atoms with Crippen LogP contribution in [0.1, 0.15) is 18.3 Å². The van der Waals surface area contributed by atoms with Crippen LogP contribution < -0.4 is 10.1 Å². The van der Waals surface area contributed by atoms with Gasteiger partial charge in [-0.25, -0.2) is 0 Å². The van der Waals surface area contributed by atoms with Crippen LogP contribution >= 0.6 is 0 Å². The average Bonchev–Trinajstić information content (AvgIpc) is 3.10. The molecule has 6 nitrogen and oxygen atoms in total. The van der Waals surface area contributed by atoms with Crippen LogP contribution in [-0.4, -0.2) is 26.6 Å². The number of nitrogens with one attached hydrogen (secondary N) is 1. The van der Waals surface area contributed by atoms with Crippen LogP contribution in [0.4, 0.5) is 18.9 Å². The van der Waals surface area contributed by atoms with Crippen LogP contribution in [0.5, 0.6) is 5.75 Å². The molecule has 1 N–H and O–H groups in total. The van der Waals surface area contributed by atoms with E-state index in [2.05, 4.69) is 32.5 Å². The summed E-state index contributed by atoms with van der Waals surface area (Å²) < 4.78 is 41.9. The largest absolute Gasteiger partial charge is 0.573 e. The van der Waals surface area contributed by atoms with E-state index in [4.69, 9.17) is 0 Å². The Kier molecular flexibility index (Phi) is 5.39. The summed E-state index contributed by atoms with van der Waals surface area (Å²) in [6.45, 7) is 2.08. The molecule has 140 valence electrons. The maximum Gasteiger partial charge on any atom is 0.573 e. The van der Waals surface area contributed by atoms with E-state index in [1.165, 1.54) is 29.8 Å². The molecule has 0 radical (unpaired) electrons. The Hall–Kier alpha value is -3.36. The van der Waals surface area contributed by atoms with E-state index in [-0.39, 0.29) is 5.75 Å². The van der Waals surface area contributed by atoms with Crippen LogP contribution in [0, 0.1) is 0 Å². The van der Waals surface area contributed by atoms with Crippen LogP contribution in [-0.2, 0) is 6.42 Å². The second-order valence-electron chi connectivity index (χ2n) is 5.52. The molecule has 0 amide bonds. The Balaban J connectivity index is 1.66. The summed E-state index contributed by atoms with van der Waals surface area (Å²) in [5.41, 5.74) is 2.63. The number of benzene rings is 2. The van der Waals surface area contributed by atoms with E-state index in [9.17, 15) is 13.2 Å². The van der Waals surface area contributed by atoms with E-state index in [1.54, 1.807) is 17.0 Å². The fraction of sp³-hybridized carbons (Fsp3) is 0.167. The highest BCUT2D eigenvalue weighted by Gasteiger charge is 2.30. The lowest BCUT2D eigenvalue weighted by molar-refractivity contribution is -0.274. The van der Waals surface area contributed by atoms with E-state index in [1.807, 2.05) is 24.3 Å². The molecule has 0 saturated heterocycles. The molecule has 0 bridgehead atoms. The number of alkyl halides is 3. The number of hydrogen-bond donors (Lipinski definition) is 1. The van der Waals surface area contributed by atoms with Gasteiger partial charge in [-0.05, 0) is 58.8 Å². The standard InChI is InChI=1S/C18H16F3N5O/c1-2-13-3-7-15(8-4-13)26-17(23-24-25-26)11-12-22-14-5-9-16(10-6-14)27-18(19,20)21/h3-12,22H,2H2,1H3. The summed E-state index contributed by atoms with van der Waals surface area (Å²) in [6, 6.07) is 13.3. The minimum Gasteiger partial charge on any atom is -0.406 e. The van der Waals surface area contributed by atoms with E-state index < -0.39 is 6.36 Å². The first-order chi connectivity index (χ1) is 12.9. The smallest absolute Gasteiger partial charge is 0.406 e. The summed E-state index contributed by atoms with van der Waals surface area (Å²) >= 11 is 0. The van der Waals surface area contributed by atoms with Crippen molar-refractivity contribution in [2.24, 2.45) is 0 Å². The summed E-state index contributed by atoms with van der Waals surface area (Å²) in [7, 11) is 0. The SMILES string of the molecule is CCc1ccc(-n2nnnc2C=CNc2ccc(OC(F)(F)F)cc2)cc1. The van der Waals surface area contributed by atoms with Gasteiger partial charge in [0.15, 0.2) is 5.82 Å². The molecule has 3 rings (SSSR count). The van der Waals surface area contributed by atoms with E-state index in [0.29, 0.717) is 11.5 Å². The van der Waals surface area contributed by atoms with Crippen molar-refractivity contribution in [1.29, 1.82) is 0 Å². The predicted molar refractivity (Wildman–Crippen MR) is 94.3 cm³/mol. The molecule has 0 aliphatic carbocycles. The van der Waals surface area contributed by atoms with Gasteiger partial charge >= 0.3 is 6.36 Å². The van der Waals surface area contributed by atoms with Gasteiger partial charge < -0.3 is 10.1 Å². The van der Waals surface area contributed by atoms with Crippen molar-refractivity contribution in [3.8, 4) is 11.4 Å². The molecule has 0 atom stereocenters. The van der Waals surface area contributed by atoms with E-state index in [0.717, 1.165) is 12.1 Å². The number of ether oxygens (including phenoxy) is 1. The number of nitrogens with zero attached hydrogens (tertiary/aromatic N) is 4. The molecule has 3 aromatic rings. The lowest BCUT2D eigenvalue weighted by Gasteiger charge is -2.09. The van der Waals surface area contributed by atoms with Gasteiger partial charge in [-0.3, -0.25) is 0 Å². The maximum atomic E-state index is 12.2. The highest BCUT2D eigenvalue weighted by Crippen LogP contribution is 2.24. The Bertz CT molecular complexity index is 902. The molecular formula is C18H16F3N5O. The second-order valence-corrected chi connectivity index (χ2v) is 5.52. The molecule has 0 fully saturated rings. The Labute approximate surface area is 153 Å². The fourth-order valence-electron chi connectivity index (χ4n) is 2.32. The zero-order valence-electron chi connectivity index (χ0n) is 14.3. The van der Waals surface area contributed by atoms with E-state index >= 15 is 0 Å². The third-order valence-corrected chi connectivity index (χ3v) is 3.65. The number of hydrogen-bond acceptors (Lipinski definition) is 5. The quantitative estimate of drug-likeness (QED) is 0.699. The van der Waals surface area contributed by atoms with Gasteiger partial charge in [-0.1, -0.05) is 19.1 Å². The van der Waals surface area contributed by atoms with Crippen molar-refractivity contribution >= 4 is 11.8 Å². The molecule has 9 heteroatoms. The first-order valence-corrected chi connectivity index (χ1v) is 8.11. The molecule has 27 heavy (non-hydrogen) atoms. The third-order valence-electron chi connectivity index (χ3n) is 3.65. The average molecular weight is 375 g/mol. The topological polar surface area (TPSA) is 64.9 Å². The van der Waals surface area contributed by atoms with Gasteiger partial charge in [0.2, 0.25) is 0 Å². The van der Waals surface area contributed by atoms with Gasteiger partial charge in [-0.2, -0.15) is 4.68 Å². The first kappa shape index (κ1) is 18.4. The maximum absolute atomic E-state index is 12.2. The van der Waals surface area contributed by atoms with Crippen LogP contribution in [0.2, 0.25) is 0 Å². The monoisotopic (exact) mass is 375 g/mol. The number of aryl methyl sites for hydroxylation is 1. The van der Waals surface area contributed by atoms with Crippen molar-refractivity contribution in [2.45, 2.75) is 19.7 Å². The van der Waals surface area contributed by atoms with Crippen molar-refractivity contribution in [1.82, 2.24) is 20.2 Å². The zero-order chi connectivity index (χ0) is 19.3. The van der Waals surface area contributed by atoms with Crippen LogP contribution in [0.15, 0.2) is 54.7 Å². The predicted octanol–water partition coefficient (Wildman–Crippen LogP) is 4.21. The normalized spacial score (nSPS) is 11.7. The van der Waals surface area contributed by atoms with Crippen LogP contribution in [0.25, 0.3) is 11.8 Å². The Morgan fingerprint density at radius 2 is 1.78 bits per heavy atom. The summed E-state index contributed by atoms with van der Waals surface area (Å²) in [5, 5.41) is 14.5. The number of tetrazole rings is 1. The van der Waals surface area contributed by atoms with Gasteiger partial charge in [0.1, 0.15) is 5.75 Å². The number of aromatic nitrogens is 4. The number of rotatable bonds is 6. The summed E-state index contributed by atoms with van der Waals surface area (Å²) in [5.74, 6) is 0.222. The molecular weight excluding hydrogens is 359 g/mol. The minimum atomic E-state index is -4.71. The molecule has 0 aliphatic rings. The molecule has 0 aliphatic heterocycles. The number of anilines is 1. The van der Waals surface area contributed by atoms with Crippen LogP contribution in [0.3, 0.4) is 0 Å². The van der Waals surface area contributed by atoms with Crippen molar-refractivity contribution in [2.75, 3.05) is 5.32 Å². The third kappa shape index (κ3) is 5.06. The lowest BCUT2D eigenvalue weighted by Crippen LogP contribution is -2.16. The highest BCUT2D eigenvalue weighted by atomic mass is 19.4. The molecule has 0 unspecified atom stereocenters. The van der Waals surface area contributed by atoms with Gasteiger partial charge in [-0.15, -0.1) is 18.3 Å². The molecule has 2 aromatic carbocycles. The Morgan fingerprint density at radius 3 is 2.41 bits per heavy atom. The first-order valence-electron chi connectivity index (χ1n) is 8.11. The summed E-state index contributed by atoms with van der Waals surface area (Å²) in [6.07, 6.45) is -0.503. The van der Waals surface area contributed by atoms with Gasteiger partial charge in [0.05, 0.1) is 5.69 Å². The zero-order valence-corrected chi connectivity index (χ0v) is 14.3. The molecule has 1 aromatic heterocycles. The van der Waals surface area contributed by atoms with Crippen molar-refractivity contribution < 1.29 is 17.9 Å². The fourth-order valence-corrected chi connectivity index (χ4v) is 2.32. The number of halogens is 3. The summed E-state index contributed by atoms with van der Waals surface area (Å²) in [4.78, 5) is 0. The lowest BCUT2D eigenvalue weighted by atomic mass is 10.1. The van der Waals surface area contributed by atoms with Crippen molar-refractivity contribution in [3.63, 3.8) is 0 Å². The van der Waals surface area contributed by atoms with Crippen molar-refractivity contribution in [3.05, 3.63) is 66.1 Å². The van der Waals surface area contributed by atoms with Gasteiger partial charge in [0.25, 0.3) is 0 Å². The highest BCUT2D eigenvalue weighted by molar-refractivity contribution is 5.53. The second kappa shape index (κ2) is 7.90. The van der Waals surface area contributed by atoms with Gasteiger partial charge in [0, 0.05) is 18.0 Å². The minimum absolute atomic E-state index is 0.281. The Morgan fingerprint density at radius 1 is 1.07 bits per heavy atom. The molecule has 0 saturated carbocycles. The molecule has 0 spiro atoms.